The molecule has 2 saturated heterocycles. The largest absolute Gasteiger partial charge is 0.368 e. The first-order chi connectivity index (χ1) is 15.2. The van der Waals surface area contributed by atoms with E-state index >= 15 is 0 Å². The normalized spacial score (nSPS) is 48.7. The molecule has 2 aliphatic heterocycles. The number of halogens is 2. The van der Waals surface area contributed by atoms with Crippen LogP contribution in [0.3, 0.4) is 0 Å². The van der Waals surface area contributed by atoms with Crippen molar-refractivity contribution in [3.8, 4) is 0 Å². The van der Waals surface area contributed by atoms with Crippen LogP contribution in [0.25, 0.3) is 0 Å². The van der Waals surface area contributed by atoms with Crippen LogP contribution in [0.5, 0.6) is 0 Å². The molecule has 0 aromatic rings. The van der Waals surface area contributed by atoms with Gasteiger partial charge in [-0.05, 0) is 52.0 Å². The summed E-state index contributed by atoms with van der Waals surface area (Å²) in [6, 6.07) is 0.963. The molecule has 6 fully saturated rings. The minimum Gasteiger partial charge on any atom is -0.368 e. The Bertz CT molecular complexity index is 696. The number of hydrazine groups is 1. The maximum Gasteiger partial charge on any atom is 0.246 e. The van der Waals surface area contributed by atoms with Crippen molar-refractivity contribution in [1.82, 2.24) is 31.7 Å². The van der Waals surface area contributed by atoms with E-state index in [1.165, 1.54) is 0 Å². The molecule has 7 unspecified atom stereocenters. The second-order valence-electron chi connectivity index (χ2n) is 11.0. The smallest absolute Gasteiger partial charge is 0.246 e. The Morgan fingerprint density at radius 1 is 1.25 bits per heavy atom. The van der Waals surface area contributed by atoms with Gasteiger partial charge in [-0.2, -0.15) is 0 Å². The molecule has 0 aromatic carbocycles. The Morgan fingerprint density at radius 2 is 2.03 bits per heavy atom. The molecular formula is C22H38ClFN6O2. The lowest BCUT2D eigenvalue weighted by Crippen LogP contribution is -2.86. The molecular weight excluding hydrogens is 435 g/mol. The number of amides is 1. The molecule has 182 valence electrons. The first kappa shape index (κ1) is 23.2. The second kappa shape index (κ2) is 8.91. The summed E-state index contributed by atoms with van der Waals surface area (Å²) >= 11 is 5.92. The van der Waals surface area contributed by atoms with E-state index < -0.39 is 11.5 Å². The van der Waals surface area contributed by atoms with Crippen LogP contribution >= 0.6 is 11.6 Å². The van der Waals surface area contributed by atoms with E-state index in [2.05, 4.69) is 45.7 Å². The van der Waals surface area contributed by atoms with Gasteiger partial charge in [0.05, 0.1) is 11.5 Å². The molecule has 0 radical (unpaired) electrons. The summed E-state index contributed by atoms with van der Waals surface area (Å²) in [5.41, 5.74) is 3.51. The van der Waals surface area contributed by atoms with Crippen LogP contribution in [0, 0.1) is 5.92 Å². The van der Waals surface area contributed by atoms with Crippen LogP contribution < -0.4 is 26.7 Å². The fraction of sp³-hybridized carbons (Fsp3) is 0.955. The third-order valence-corrected chi connectivity index (χ3v) is 8.72. The van der Waals surface area contributed by atoms with Gasteiger partial charge in [0.25, 0.3) is 0 Å². The topological polar surface area (TPSA) is 89.7 Å². The lowest BCUT2D eigenvalue weighted by Gasteiger charge is -2.71. The van der Waals surface area contributed by atoms with Gasteiger partial charge in [0, 0.05) is 49.1 Å². The van der Waals surface area contributed by atoms with E-state index in [1.807, 2.05) is 0 Å². The van der Waals surface area contributed by atoms with E-state index in [0.717, 1.165) is 38.8 Å². The van der Waals surface area contributed by atoms with Crippen molar-refractivity contribution in [2.24, 2.45) is 5.92 Å². The molecule has 6 aliphatic rings. The van der Waals surface area contributed by atoms with Gasteiger partial charge >= 0.3 is 0 Å². The Hall–Kier alpha value is -0.550. The highest BCUT2D eigenvalue weighted by molar-refractivity contribution is 6.21. The molecule has 32 heavy (non-hydrogen) atoms. The Balaban J connectivity index is 1.02. The average Bonchev–Trinajstić information content (AvgIpc) is 3.04. The van der Waals surface area contributed by atoms with Crippen molar-refractivity contribution in [3.05, 3.63) is 0 Å². The summed E-state index contributed by atoms with van der Waals surface area (Å²) < 4.78 is 19.4. The summed E-state index contributed by atoms with van der Waals surface area (Å²) in [5, 5.41) is 16.0. The number of ether oxygens (including phenoxy) is 1. The molecule has 2 bridgehead atoms. The number of nitrogens with one attached hydrogen (secondary N) is 5. The quantitative estimate of drug-likeness (QED) is 0.346. The van der Waals surface area contributed by atoms with Crippen molar-refractivity contribution in [3.63, 3.8) is 0 Å². The maximum absolute atomic E-state index is 13.7. The highest BCUT2D eigenvalue weighted by Gasteiger charge is 2.69. The van der Waals surface area contributed by atoms with Gasteiger partial charge in [0.1, 0.15) is 19.1 Å². The Labute approximate surface area is 195 Å². The van der Waals surface area contributed by atoms with E-state index in [9.17, 15) is 9.18 Å². The van der Waals surface area contributed by atoms with Crippen LogP contribution in [0.1, 0.15) is 51.9 Å². The molecule has 1 amide bonds. The second-order valence-corrected chi connectivity index (χ2v) is 11.5. The predicted molar refractivity (Wildman–Crippen MR) is 121 cm³/mol. The van der Waals surface area contributed by atoms with Crippen molar-refractivity contribution < 1.29 is 13.9 Å². The van der Waals surface area contributed by atoms with Gasteiger partial charge in [0.2, 0.25) is 5.91 Å². The third kappa shape index (κ3) is 4.67. The zero-order valence-electron chi connectivity index (χ0n) is 19.1. The molecule has 8 nitrogen and oxygen atoms in total. The zero-order chi connectivity index (χ0) is 22.5. The lowest BCUT2D eigenvalue weighted by atomic mass is 9.44. The number of carbonyl (C=O) groups excluding carboxylic acids is 1. The van der Waals surface area contributed by atoms with Gasteiger partial charge in [-0.25, -0.2) is 9.40 Å². The van der Waals surface area contributed by atoms with Gasteiger partial charge < -0.3 is 10.1 Å². The zero-order valence-corrected chi connectivity index (χ0v) is 19.9. The molecule has 4 aliphatic carbocycles. The average molecular weight is 473 g/mol. The van der Waals surface area contributed by atoms with Gasteiger partial charge in [-0.15, -0.1) is 11.6 Å². The lowest BCUT2D eigenvalue weighted by molar-refractivity contribution is -0.150. The summed E-state index contributed by atoms with van der Waals surface area (Å²) in [6.45, 7) is 4.33. The monoisotopic (exact) mass is 472 g/mol. The van der Waals surface area contributed by atoms with Crippen molar-refractivity contribution in [2.75, 3.05) is 26.7 Å². The van der Waals surface area contributed by atoms with E-state index in [1.54, 1.807) is 0 Å². The van der Waals surface area contributed by atoms with Gasteiger partial charge in [-0.3, -0.25) is 26.2 Å². The minimum absolute atomic E-state index is 0.00197. The first-order valence-corrected chi connectivity index (χ1v) is 12.6. The molecule has 0 aromatic heterocycles. The third-order valence-electron chi connectivity index (χ3n) is 8.23. The fourth-order valence-corrected chi connectivity index (χ4v) is 6.94. The predicted octanol–water partition coefficient (Wildman–Crippen LogP) is 0.572. The van der Waals surface area contributed by atoms with Gasteiger partial charge in [-0.1, -0.05) is 0 Å². The summed E-state index contributed by atoms with van der Waals surface area (Å²) in [5.74, 6) is 0.500. The molecule has 0 spiro atoms. The van der Waals surface area contributed by atoms with Crippen LogP contribution in [0.15, 0.2) is 0 Å². The van der Waals surface area contributed by atoms with Crippen molar-refractivity contribution in [2.45, 2.75) is 99.0 Å². The van der Waals surface area contributed by atoms with Crippen LogP contribution in [-0.4, -0.2) is 84.8 Å². The molecule has 2 heterocycles. The van der Waals surface area contributed by atoms with E-state index in [-0.39, 0.29) is 42.4 Å². The number of carbonyl (C=O) groups is 1. The first-order valence-electron chi connectivity index (χ1n) is 12.2. The van der Waals surface area contributed by atoms with Gasteiger partial charge in [0.15, 0.2) is 0 Å². The van der Waals surface area contributed by atoms with Crippen LogP contribution in [0.4, 0.5) is 4.39 Å². The van der Waals surface area contributed by atoms with Crippen LogP contribution in [0.2, 0.25) is 0 Å². The number of alkyl halides is 2. The summed E-state index contributed by atoms with van der Waals surface area (Å²) in [7, 11) is 2.11. The SMILES string of the molecule is CC1NN(C)CC1C1CCNC(NC23CC(NC(=O)COC4CCC(Cl)C(F)C4)(C2)C3)N1. The highest BCUT2D eigenvalue weighted by Crippen LogP contribution is 2.60. The Morgan fingerprint density at radius 3 is 2.72 bits per heavy atom. The van der Waals surface area contributed by atoms with Crippen molar-refractivity contribution >= 4 is 17.5 Å². The van der Waals surface area contributed by atoms with Crippen LogP contribution in [-0.2, 0) is 9.53 Å². The summed E-state index contributed by atoms with van der Waals surface area (Å²) in [6.07, 6.45) is 4.44. The summed E-state index contributed by atoms with van der Waals surface area (Å²) in [4.78, 5) is 12.4. The molecule has 5 N–H and O–H groups in total. The van der Waals surface area contributed by atoms with E-state index in [0.29, 0.717) is 30.8 Å². The van der Waals surface area contributed by atoms with E-state index in [4.69, 9.17) is 16.3 Å². The number of nitrogens with zero attached hydrogens (tertiary/aromatic N) is 1. The van der Waals surface area contributed by atoms with Crippen molar-refractivity contribution in [1.29, 1.82) is 0 Å². The molecule has 7 atom stereocenters. The number of hydrogen-bond acceptors (Lipinski definition) is 7. The fourth-order valence-electron chi connectivity index (χ4n) is 6.72. The highest BCUT2D eigenvalue weighted by atomic mass is 35.5. The standard InChI is InChI=1S/C22H38ClFN6O2/c1-13-15(8-30(2)29-13)18-5-6-25-20(26-18)28-22-10-21(11-22,12-22)27-19(31)9-32-14-3-4-16(23)17(24)7-14/h13-18,20,25-26,28-29H,3-12H2,1-2H3,(H,27,31). The molecule has 6 rings (SSSR count). The maximum atomic E-state index is 13.7. The molecule has 10 heteroatoms. The minimum atomic E-state index is -1.04. The Kier molecular flexibility index (Phi) is 6.46. The number of hydrogen-bond donors (Lipinski definition) is 5. The number of rotatable bonds is 7. The molecule has 4 saturated carbocycles.